The molecular formula is C22H39NO6. The van der Waals surface area contributed by atoms with Crippen molar-refractivity contribution in [2.75, 3.05) is 13.2 Å². The van der Waals surface area contributed by atoms with Crippen molar-refractivity contribution in [2.45, 2.75) is 109 Å². The summed E-state index contributed by atoms with van der Waals surface area (Å²) in [5.74, 6) is -1.08. The first-order chi connectivity index (χ1) is 14.0. The molecule has 0 aromatic heterocycles. The van der Waals surface area contributed by atoms with Crippen LogP contribution in [0.25, 0.3) is 0 Å². The molecule has 1 amide bonds. The Hall–Kier alpha value is -1.63. The Morgan fingerprint density at radius 3 is 2.07 bits per heavy atom. The molecule has 1 fully saturated rings. The average molecular weight is 414 g/mol. The average Bonchev–Trinajstić information content (AvgIpc) is 3.15. The molecule has 1 rings (SSSR count). The molecule has 0 aliphatic carbocycles. The lowest BCUT2D eigenvalue weighted by Gasteiger charge is -2.14. The lowest BCUT2D eigenvalue weighted by atomic mass is 10.1. The summed E-state index contributed by atoms with van der Waals surface area (Å²) in [6, 6.07) is -0.640. The van der Waals surface area contributed by atoms with E-state index in [9.17, 15) is 19.5 Å². The van der Waals surface area contributed by atoms with Crippen molar-refractivity contribution in [3.63, 3.8) is 0 Å². The van der Waals surface area contributed by atoms with Crippen LogP contribution in [0.5, 0.6) is 0 Å². The van der Waals surface area contributed by atoms with E-state index >= 15 is 0 Å². The predicted octanol–water partition coefficient (Wildman–Crippen LogP) is 3.41. The maximum Gasteiger partial charge on any atom is 0.328 e. The van der Waals surface area contributed by atoms with Crippen LogP contribution in [0.1, 0.15) is 96.8 Å². The van der Waals surface area contributed by atoms with Crippen LogP contribution in [0.2, 0.25) is 0 Å². The molecule has 0 bridgehead atoms. The minimum absolute atomic E-state index is 0.177. The largest absolute Gasteiger partial charge is 0.463 e. The van der Waals surface area contributed by atoms with Crippen molar-refractivity contribution in [3.8, 4) is 0 Å². The van der Waals surface area contributed by atoms with E-state index in [1.807, 2.05) is 0 Å². The fourth-order valence-electron chi connectivity index (χ4n) is 3.31. The van der Waals surface area contributed by atoms with Crippen LogP contribution in [0.4, 0.5) is 0 Å². The molecule has 0 aromatic rings. The van der Waals surface area contributed by atoms with Crippen molar-refractivity contribution >= 4 is 17.8 Å². The summed E-state index contributed by atoms with van der Waals surface area (Å²) in [4.78, 5) is 34.5. The molecule has 7 nitrogen and oxygen atoms in total. The fourth-order valence-corrected chi connectivity index (χ4v) is 3.31. The van der Waals surface area contributed by atoms with Gasteiger partial charge in [-0.3, -0.25) is 9.59 Å². The molecule has 168 valence electrons. The molecule has 29 heavy (non-hydrogen) atoms. The Balaban J connectivity index is 1.90. The van der Waals surface area contributed by atoms with Crippen LogP contribution in [0, 0.1) is 0 Å². The second-order valence-corrected chi connectivity index (χ2v) is 7.91. The zero-order valence-electron chi connectivity index (χ0n) is 18.0. The third kappa shape index (κ3) is 13.3. The van der Waals surface area contributed by atoms with E-state index < -0.39 is 18.1 Å². The Labute approximate surface area is 174 Å². The fraction of sp³-hybridized carbons (Fsp3) is 0.864. The number of hydrogen-bond donors (Lipinski definition) is 2. The Kier molecular flexibility index (Phi) is 14.2. The number of ether oxygens (including phenoxy) is 2. The van der Waals surface area contributed by atoms with E-state index in [1.165, 1.54) is 51.4 Å². The third-order valence-electron chi connectivity index (χ3n) is 5.12. The van der Waals surface area contributed by atoms with Gasteiger partial charge in [-0.15, -0.1) is 0 Å². The van der Waals surface area contributed by atoms with Gasteiger partial charge in [-0.05, 0) is 12.8 Å². The Bertz CT molecular complexity index is 482. The second-order valence-electron chi connectivity index (χ2n) is 7.91. The van der Waals surface area contributed by atoms with Crippen molar-refractivity contribution in [1.29, 1.82) is 0 Å². The second kappa shape index (κ2) is 16.2. The molecule has 1 unspecified atom stereocenters. The molecule has 1 saturated heterocycles. The number of aliphatic hydroxyl groups is 1. The Morgan fingerprint density at radius 1 is 0.966 bits per heavy atom. The number of carbonyl (C=O) groups is 3. The van der Waals surface area contributed by atoms with Crippen LogP contribution in [-0.4, -0.2) is 48.3 Å². The molecule has 2 atom stereocenters. The highest BCUT2D eigenvalue weighted by atomic mass is 16.6. The lowest BCUT2D eigenvalue weighted by molar-refractivity contribution is -0.154. The van der Waals surface area contributed by atoms with Crippen LogP contribution in [0.3, 0.4) is 0 Å². The molecular weight excluding hydrogens is 374 g/mol. The van der Waals surface area contributed by atoms with Gasteiger partial charge in [0, 0.05) is 12.8 Å². The number of aliphatic hydroxyl groups excluding tert-OH is 1. The molecule has 0 saturated carbocycles. The summed E-state index contributed by atoms with van der Waals surface area (Å²) in [6.45, 7) is 1.79. The SMILES string of the molecule is CCCCCCCCCCCCCC(=O)OCC(O)COC(=O)[C@@H]1CCC(=O)N1. The van der Waals surface area contributed by atoms with E-state index in [1.54, 1.807) is 0 Å². The molecule has 1 heterocycles. The van der Waals surface area contributed by atoms with Gasteiger partial charge in [-0.25, -0.2) is 4.79 Å². The standard InChI is InChI=1S/C22H39NO6/c1-2-3-4-5-6-7-8-9-10-11-12-13-21(26)28-16-18(24)17-29-22(27)19-14-15-20(25)23-19/h18-19,24H,2-17H2,1H3,(H,23,25)/t18?,19-/m0/s1. The molecule has 0 aromatic carbocycles. The van der Waals surface area contributed by atoms with Crippen LogP contribution in [-0.2, 0) is 23.9 Å². The molecule has 2 N–H and O–H groups in total. The molecule has 1 aliphatic rings. The summed E-state index contributed by atoms with van der Waals surface area (Å²) in [5, 5.41) is 12.3. The van der Waals surface area contributed by atoms with Gasteiger partial charge in [0.15, 0.2) is 0 Å². The van der Waals surface area contributed by atoms with E-state index in [0.717, 1.165) is 19.3 Å². The van der Waals surface area contributed by atoms with E-state index in [4.69, 9.17) is 9.47 Å². The highest BCUT2D eigenvalue weighted by Crippen LogP contribution is 2.12. The monoisotopic (exact) mass is 413 g/mol. The van der Waals surface area contributed by atoms with E-state index in [-0.39, 0.29) is 25.1 Å². The molecule has 1 aliphatic heterocycles. The number of rotatable bonds is 17. The van der Waals surface area contributed by atoms with Gasteiger partial charge in [0.2, 0.25) is 5.91 Å². The van der Waals surface area contributed by atoms with Crippen molar-refractivity contribution in [1.82, 2.24) is 5.32 Å². The van der Waals surface area contributed by atoms with Crippen molar-refractivity contribution < 1.29 is 29.0 Å². The number of esters is 2. The minimum atomic E-state index is -1.06. The lowest BCUT2D eigenvalue weighted by Crippen LogP contribution is -2.36. The summed E-state index contributed by atoms with van der Waals surface area (Å²) in [6.07, 6.45) is 13.4. The summed E-state index contributed by atoms with van der Waals surface area (Å²) in [7, 11) is 0. The minimum Gasteiger partial charge on any atom is -0.463 e. The summed E-state index contributed by atoms with van der Waals surface area (Å²) >= 11 is 0. The van der Waals surface area contributed by atoms with Gasteiger partial charge in [0.05, 0.1) is 0 Å². The van der Waals surface area contributed by atoms with Gasteiger partial charge < -0.3 is 19.9 Å². The molecule has 0 spiro atoms. The highest BCUT2D eigenvalue weighted by Gasteiger charge is 2.28. The zero-order valence-corrected chi connectivity index (χ0v) is 18.0. The van der Waals surface area contributed by atoms with Gasteiger partial charge in [-0.1, -0.05) is 71.1 Å². The first-order valence-corrected chi connectivity index (χ1v) is 11.3. The maximum atomic E-state index is 11.7. The maximum absolute atomic E-state index is 11.7. The van der Waals surface area contributed by atoms with Crippen LogP contribution in [0.15, 0.2) is 0 Å². The van der Waals surface area contributed by atoms with Crippen molar-refractivity contribution in [2.24, 2.45) is 0 Å². The van der Waals surface area contributed by atoms with E-state index in [0.29, 0.717) is 19.3 Å². The van der Waals surface area contributed by atoms with Gasteiger partial charge >= 0.3 is 11.9 Å². The smallest absolute Gasteiger partial charge is 0.328 e. The number of amides is 1. The first kappa shape index (κ1) is 25.4. The van der Waals surface area contributed by atoms with Crippen molar-refractivity contribution in [3.05, 3.63) is 0 Å². The first-order valence-electron chi connectivity index (χ1n) is 11.3. The van der Waals surface area contributed by atoms with Crippen LogP contribution < -0.4 is 5.32 Å². The summed E-state index contributed by atoms with van der Waals surface area (Å²) < 4.78 is 9.97. The number of carbonyl (C=O) groups excluding carboxylic acids is 3. The van der Waals surface area contributed by atoms with Gasteiger partial charge in [-0.2, -0.15) is 0 Å². The molecule has 0 radical (unpaired) electrons. The van der Waals surface area contributed by atoms with E-state index in [2.05, 4.69) is 12.2 Å². The Morgan fingerprint density at radius 2 is 1.52 bits per heavy atom. The quantitative estimate of drug-likeness (QED) is 0.280. The molecule has 7 heteroatoms. The normalized spacial score (nSPS) is 17.0. The van der Waals surface area contributed by atoms with Gasteiger partial charge in [0.1, 0.15) is 25.4 Å². The van der Waals surface area contributed by atoms with Gasteiger partial charge in [0.25, 0.3) is 0 Å². The summed E-state index contributed by atoms with van der Waals surface area (Å²) in [5.41, 5.74) is 0. The highest BCUT2D eigenvalue weighted by molar-refractivity contribution is 5.88. The third-order valence-corrected chi connectivity index (χ3v) is 5.12. The zero-order chi connectivity index (χ0) is 21.3. The van der Waals surface area contributed by atoms with Crippen LogP contribution >= 0.6 is 0 Å². The topological polar surface area (TPSA) is 102 Å². The number of nitrogens with one attached hydrogen (secondary N) is 1. The predicted molar refractivity (Wildman–Crippen MR) is 110 cm³/mol. The number of hydrogen-bond acceptors (Lipinski definition) is 6. The number of unbranched alkanes of at least 4 members (excludes halogenated alkanes) is 10.